The Morgan fingerprint density at radius 2 is 1.87 bits per heavy atom. The fourth-order valence-corrected chi connectivity index (χ4v) is 2.36. The first-order valence-electron chi connectivity index (χ1n) is 7.26. The molecule has 116 valence electrons. The third kappa shape index (κ3) is 3.00. The molecule has 2 aromatic carbocycles. The normalized spacial score (nSPS) is 14.0. The van der Waals surface area contributed by atoms with Crippen LogP contribution in [0.3, 0.4) is 0 Å². The highest BCUT2D eigenvalue weighted by Crippen LogP contribution is 2.20. The van der Waals surface area contributed by atoms with Crippen LogP contribution in [0.25, 0.3) is 10.9 Å². The van der Waals surface area contributed by atoms with Gasteiger partial charge in [-0.1, -0.05) is 48.5 Å². The predicted octanol–water partition coefficient (Wildman–Crippen LogP) is 2.53. The molecule has 1 atom stereocenters. The van der Waals surface area contributed by atoms with Crippen molar-refractivity contribution in [3.05, 3.63) is 71.9 Å². The molecule has 0 spiro atoms. The van der Waals surface area contributed by atoms with Crippen molar-refractivity contribution in [1.82, 2.24) is 10.4 Å². The summed E-state index contributed by atoms with van der Waals surface area (Å²) in [5.41, 5.74) is 3.12. The van der Waals surface area contributed by atoms with E-state index in [0.717, 1.165) is 16.5 Å². The SMILES string of the molecule is C[C@](O)(C(=O)N/N=C/c1c[nH]c2ccccc12)c1ccccc1. The van der Waals surface area contributed by atoms with Crippen molar-refractivity contribution in [2.24, 2.45) is 5.10 Å². The number of nitrogens with zero attached hydrogens (tertiary/aromatic N) is 1. The molecule has 1 amide bonds. The van der Waals surface area contributed by atoms with Gasteiger partial charge in [-0.15, -0.1) is 0 Å². The smallest absolute Gasteiger partial charge is 0.276 e. The van der Waals surface area contributed by atoms with Gasteiger partial charge in [0.15, 0.2) is 5.60 Å². The van der Waals surface area contributed by atoms with Gasteiger partial charge in [0.1, 0.15) is 0 Å². The Kier molecular flexibility index (Phi) is 3.95. The summed E-state index contributed by atoms with van der Waals surface area (Å²) in [6, 6.07) is 16.6. The standard InChI is InChI=1S/C18H17N3O2/c1-18(23,14-7-3-2-4-8-14)17(22)21-20-12-13-11-19-16-10-6-5-9-15(13)16/h2-12,19,23H,1H3,(H,21,22)/b20-12+/t18-/m1/s1. The van der Waals surface area contributed by atoms with E-state index in [1.807, 2.05) is 36.5 Å². The molecule has 3 N–H and O–H groups in total. The molecular formula is C18H17N3O2. The molecule has 0 aliphatic rings. The van der Waals surface area contributed by atoms with Crippen molar-refractivity contribution in [3.8, 4) is 0 Å². The summed E-state index contributed by atoms with van der Waals surface area (Å²) in [7, 11) is 0. The number of rotatable bonds is 4. The van der Waals surface area contributed by atoms with Crippen LogP contribution in [0, 0.1) is 0 Å². The summed E-state index contributed by atoms with van der Waals surface area (Å²) in [6.07, 6.45) is 3.37. The zero-order valence-electron chi connectivity index (χ0n) is 12.7. The maximum Gasteiger partial charge on any atom is 0.276 e. The van der Waals surface area contributed by atoms with Gasteiger partial charge in [0.2, 0.25) is 0 Å². The number of benzene rings is 2. The molecule has 3 rings (SSSR count). The third-order valence-corrected chi connectivity index (χ3v) is 3.77. The average molecular weight is 307 g/mol. The lowest BCUT2D eigenvalue weighted by molar-refractivity contribution is -0.138. The van der Waals surface area contributed by atoms with Crippen molar-refractivity contribution < 1.29 is 9.90 Å². The predicted molar refractivity (Wildman–Crippen MR) is 90.0 cm³/mol. The van der Waals surface area contributed by atoms with E-state index in [1.165, 1.54) is 6.92 Å². The van der Waals surface area contributed by atoms with E-state index in [2.05, 4.69) is 15.5 Å². The number of carbonyl (C=O) groups is 1. The summed E-state index contributed by atoms with van der Waals surface area (Å²) in [6.45, 7) is 1.44. The van der Waals surface area contributed by atoms with Crippen LogP contribution in [0.1, 0.15) is 18.1 Å². The lowest BCUT2D eigenvalue weighted by atomic mass is 9.95. The first-order valence-corrected chi connectivity index (χ1v) is 7.26. The molecule has 1 aromatic heterocycles. The number of hydrogen-bond acceptors (Lipinski definition) is 3. The van der Waals surface area contributed by atoms with Crippen molar-refractivity contribution >= 4 is 23.0 Å². The minimum absolute atomic E-state index is 0.514. The average Bonchev–Trinajstić information content (AvgIpc) is 2.99. The molecule has 1 heterocycles. The zero-order valence-corrected chi connectivity index (χ0v) is 12.7. The maximum atomic E-state index is 12.2. The van der Waals surface area contributed by atoms with Crippen molar-refractivity contribution in [1.29, 1.82) is 0 Å². The number of H-pyrrole nitrogens is 1. The van der Waals surface area contributed by atoms with Crippen molar-refractivity contribution in [3.63, 3.8) is 0 Å². The lowest BCUT2D eigenvalue weighted by Crippen LogP contribution is -2.40. The molecule has 0 aliphatic carbocycles. The Balaban J connectivity index is 1.74. The Bertz CT molecular complexity index is 851. The minimum Gasteiger partial charge on any atom is -0.375 e. The number of nitrogens with one attached hydrogen (secondary N) is 2. The Labute approximate surface area is 133 Å². The number of hydrogen-bond donors (Lipinski definition) is 3. The molecule has 0 saturated carbocycles. The molecule has 23 heavy (non-hydrogen) atoms. The Hall–Kier alpha value is -2.92. The van der Waals surface area contributed by atoms with Gasteiger partial charge in [-0.2, -0.15) is 5.10 Å². The summed E-state index contributed by atoms with van der Waals surface area (Å²) >= 11 is 0. The number of fused-ring (bicyclic) bond motifs is 1. The van der Waals surface area contributed by atoms with E-state index in [1.54, 1.807) is 30.5 Å². The second kappa shape index (κ2) is 6.06. The Morgan fingerprint density at radius 3 is 2.65 bits per heavy atom. The van der Waals surface area contributed by atoms with Gasteiger partial charge in [-0.25, -0.2) is 5.43 Å². The van der Waals surface area contributed by atoms with E-state index in [0.29, 0.717) is 5.56 Å². The maximum absolute atomic E-state index is 12.2. The van der Waals surface area contributed by atoms with Crippen LogP contribution in [0.15, 0.2) is 65.9 Å². The van der Waals surface area contributed by atoms with Crippen LogP contribution in [0.4, 0.5) is 0 Å². The number of hydrazone groups is 1. The lowest BCUT2D eigenvalue weighted by Gasteiger charge is -2.21. The van der Waals surface area contributed by atoms with Crippen LogP contribution < -0.4 is 5.43 Å². The second-order valence-electron chi connectivity index (χ2n) is 5.43. The topological polar surface area (TPSA) is 77.5 Å². The summed E-state index contributed by atoms with van der Waals surface area (Å²) < 4.78 is 0. The molecule has 0 radical (unpaired) electrons. The van der Waals surface area contributed by atoms with Crippen LogP contribution in [0.5, 0.6) is 0 Å². The van der Waals surface area contributed by atoms with Crippen LogP contribution in [0.2, 0.25) is 0 Å². The molecule has 0 fully saturated rings. The number of aliphatic hydroxyl groups is 1. The first-order chi connectivity index (χ1) is 11.1. The van der Waals surface area contributed by atoms with E-state index in [9.17, 15) is 9.90 Å². The number of carbonyl (C=O) groups excluding carboxylic acids is 1. The third-order valence-electron chi connectivity index (χ3n) is 3.77. The monoisotopic (exact) mass is 307 g/mol. The molecule has 5 heteroatoms. The Morgan fingerprint density at radius 1 is 1.17 bits per heavy atom. The number of aromatic amines is 1. The van der Waals surface area contributed by atoms with Gasteiger partial charge in [0.25, 0.3) is 5.91 Å². The van der Waals surface area contributed by atoms with Gasteiger partial charge in [-0.05, 0) is 18.6 Å². The fraction of sp³-hybridized carbons (Fsp3) is 0.111. The van der Waals surface area contributed by atoms with Gasteiger partial charge in [0.05, 0.1) is 6.21 Å². The van der Waals surface area contributed by atoms with E-state index in [4.69, 9.17) is 0 Å². The summed E-state index contributed by atoms with van der Waals surface area (Å²) in [5.74, 6) is -0.584. The van der Waals surface area contributed by atoms with E-state index >= 15 is 0 Å². The summed E-state index contributed by atoms with van der Waals surface area (Å²) in [4.78, 5) is 15.3. The molecule has 0 unspecified atom stereocenters. The quantitative estimate of drug-likeness (QED) is 0.511. The largest absolute Gasteiger partial charge is 0.375 e. The van der Waals surface area contributed by atoms with Crippen LogP contribution in [-0.2, 0) is 10.4 Å². The van der Waals surface area contributed by atoms with Crippen LogP contribution in [-0.4, -0.2) is 22.2 Å². The number of amides is 1. The van der Waals surface area contributed by atoms with Gasteiger partial charge >= 0.3 is 0 Å². The fourth-order valence-electron chi connectivity index (χ4n) is 2.36. The highest BCUT2D eigenvalue weighted by atomic mass is 16.3. The number of para-hydroxylation sites is 1. The van der Waals surface area contributed by atoms with Gasteiger partial charge < -0.3 is 10.1 Å². The van der Waals surface area contributed by atoms with E-state index in [-0.39, 0.29) is 0 Å². The minimum atomic E-state index is -1.64. The van der Waals surface area contributed by atoms with Crippen molar-refractivity contribution in [2.75, 3.05) is 0 Å². The highest BCUT2D eigenvalue weighted by Gasteiger charge is 2.32. The molecule has 0 aliphatic heterocycles. The van der Waals surface area contributed by atoms with E-state index < -0.39 is 11.5 Å². The van der Waals surface area contributed by atoms with Gasteiger partial charge in [-0.3, -0.25) is 4.79 Å². The van der Waals surface area contributed by atoms with Crippen molar-refractivity contribution in [2.45, 2.75) is 12.5 Å². The molecule has 5 nitrogen and oxygen atoms in total. The molecule has 0 saturated heterocycles. The number of aromatic nitrogens is 1. The second-order valence-corrected chi connectivity index (χ2v) is 5.43. The summed E-state index contributed by atoms with van der Waals surface area (Å²) in [5, 5.41) is 15.4. The molecular weight excluding hydrogens is 290 g/mol. The highest BCUT2D eigenvalue weighted by molar-refractivity contribution is 5.99. The zero-order chi connectivity index (χ0) is 16.3. The molecule has 0 bridgehead atoms. The first kappa shape index (κ1) is 15.0. The van der Waals surface area contributed by atoms with Gasteiger partial charge in [0, 0.05) is 22.7 Å². The molecule has 3 aromatic rings. The van der Waals surface area contributed by atoms with Crippen LogP contribution >= 0.6 is 0 Å².